The number of nitrogens with zero attached hydrogens (tertiary/aromatic N) is 1. The molecule has 0 heterocycles. The summed E-state index contributed by atoms with van der Waals surface area (Å²) in [5, 5.41) is 3.13. The Labute approximate surface area is 126 Å². The Balaban J connectivity index is 2.71. The van der Waals surface area contributed by atoms with Gasteiger partial charge in [0.15, 0.2) is 0 Å². The van der Waals surface area contributed by atoms with Gasteiger partial charge < -0.3 is 20.7 Å². The molecule has 0 radical (unpaired) electrons. The second kappa shape index (κ2) is 8.18. The molecule has 0 saturated carbocycles. The number of methoxy groups -OCH3 is 1. The predicted octanol–water partition coefficient (Wildman–Crippen LogP) is 0.167. The van der Waals surface area contributed by atoms with Gasteiger partial charge in [0.1, 0.15) is 4.90 Å². The van der Waals surface area contributed by atoms with Gasteiger partial charge in [0, 0.05) is 32.4 Å². The summed E-state index contributed by atoms with van der Waals surface area (Å²) < 4.78 is 31.3. The molecule has 0 amide bonds. The minimum absolute atomic E-state index is 0.157. The van der Waals surface area contributed by atoms with Gasteiger partial charge in [-0.05, 0) is 32.3 Å². The van der Waals surface area contributed by atoms with Crippen LogP contribution in [-0.4, -0.2) is 60.8 Å². The van der Waals surface area contributed by atoms with Crippen molar-refractivity contribution in [3.8, 4) is 0 Å². The number of hydrogen-bond donors (Lipinski definition) is 3. The molecule has 0 aliphatic carbocycles. The van der Waals surface area contributed by atoms with E-state index in [1.165, 1.54) is 13.1 Å². The average Bonchev–Trinajstić information content (AvgIpc) is 2.46. The molecular formula is C13H24N4O3S. The zero-order chi connectivity index (χ0) is 15.9. The van der Waals surface area contributed by atoms with Crippen molar-refractivity contribution in [2.24, 2.45) is 0 Å². The summed E-state index contributed by atoms with van der Waals surface area (Å²) >= 11 is 0. The second-order valence-electron chi connectivity index (χ2n) is 4.69. The molecule has 120 valence electrons. The molecule has 4 N–H and O–H groups in total. The number of benzene rings is 1. The number of nitrogens with one attached hydrogen (secondary N) is 2. The first-order chi connectivity index (χ1) is 9.90. The van der Waals surface area contributed by atoms with Crippen LogP contribution in [-0.2, 0) is 14.8 Å². The van der Waals surface area contributed by atoms with Crippen LogP contribution >= 0.6 is 0 Å². The minimum Gasteiger partial charge on any atom is -0.399 e. The van der Waals surface area contributed by atoms with E-state index in [0.29, 0.717) is 24.5 Å². The van der Waals surface area contributed by atoms with E-state index in [4.69, 9.17) is 10.5 Å². The third-order valence-electron chi connectivity index (χ3n) is 3.05. The SMILES string of the molecule is CNS(=O)(=O)c1cc(N)ccc1NCCN(C)CCOC. The number of likely N-dealkylation sites (N-methyl/N-ethyl adjacent to an activating group) is 1. The number of nitrogen functional groups attached to an aromatic ring is 1. The maximum absolute atomic E-state index is 12.0. The van der Waals surface area contributed by atoms with E-state index in [0.717, 1.165) is 13.1 Å². The van der Waals surface area contributed by atoms with Crippen LogP contribution in [0.5, 0.6) is 0 Å². The predicted molar refractivity (Wildman–Crippen MR) is 85.0 cm³/mol. The molecule has 21 heavy (non-hydrogen) atoms. The number of nitrogens with two attached hydrogens (primary N) is 1. The molecule has 0 unspecified atom stereocenters. The molecule has 0 aliphatic rings. The van der Waals surface area contributed by atoms with Gasteiger partial charge in [0.2, 0.25) is 10.0 Å². The summed E-state index contributed by atoms with van der Waals surface area (Å²) in [6.45, 7) is 2.88. The van der Waals surface area contributed by atoms with Gasteiger partial charge in [-0.25, -0.2) is 13.1 Å². The van der Waals surface area contributed by atoms with E-state index in [9.17, 15) is 8.42 Å². The number of anilines is 2. The fourth-order valence-corrected chi connectivity index (χ4v) is 2.70. The maximum atomic E-state index is 12.0. The van der Waals surface area contributed by atoms with Crippen molar-refractivity contribution in [1.82, 2.24) is 9.62 Å². The monoisotopic (exact) mass is 316 g/mol. The van der Waals surface area contributed by atoms with Crippen molar-refractivity contribution in [2.75, 3.05) is 58.5 Å². The van der Waals surface area contributed by atoms with E-state index < -0.39 is 10.0 Å². The first kappa shape index (κ1) is 17.7. The Morgan fingerprint density at radius 1 is 1.33 bits per heavy atom. The van der Waals surface area contributed by atoms with E-state index in [1.807, 2.05) is 7.05 Å². The van der Waals surface area contributed by atoms with E-state index >= 15 is 0 Å². The van der Waals surface area contributed by atoms with Crippen LogP contribution in [0, 0.1) is 0 Å². The second-order valence-corrected chi connectivity index (χ2v) is 6.54. The highest BCUT2D eigenvalue weighted by Gasteiger charge is 2.16. The fraction of sp³-hybridized carbons (Fsp3) is 0.538. The topological polar surface area (TPSA) is 96.7 Å². The van der Waals surface area contributed by atoms with Crippen LogP contribution in [0.3, 0.4) is 0 Å². The molecule has 7 nitrogen and oxygen atoms in total. The lowest BCUT2D eigenvalue weighted by Gasteiger charge is -2.18. The highest BCUT2D eigenvalue weighted by molar-refractivity contribution is 7.89. The van der Waals surface area contributed by atoms with Crippen LogP contribution in [0.25, 0.3) is 0 Å². The number of hydrogen-bond acceptors (Lipinski definition) is 6. The minimum atomic E-state index is -3.54. The van der Waals surface area contributed by atoms with Gasteiger partial charge in [-0.2, -0.15) is 0 Å². The molecule has 0 aromatic heterocycles. The van der Waals surface area contributed by atoms with Crippen LogP contribution < -0.4 is 15.8 Å². The third-order valence-corrected chi connectivity index (χ3v) is 4.50. The highest BCUT2D eigenvalue weighted by Crippen LogP contribution is 2.23. The molecule has 1 aromatic rings. The van der Waals surface area contributed by atoms with Crippen molar-refractivity contribution in [3.05, 3.63) is 18.2 Å². The smallest absolute Gasteiger partial charge is 0.242 e. The largest absolute Gasteiger partial charge is 0.399 e. The quantitative estimate of drug-likeness (QED) is 0.562. The normalized spacial score (nSPS) is 11.8. The summed E-state index contributed by atoms with van der Waals surface area (Å²) in [6, 6.07) is 4.79. The van der Waals surface area contributed by atoms with Crippen molar-refractivity contribution in [3.63, 3.8) is 0 Å². The Bertz CT molecular complexity index is 548. The molecule has 1 rings (SSSR count). The number of sulfonamides is 1. The molecule has 0 spiro atoms. The van der Waals surface area contributed by atoms with Crippen LogP contribution in [0.1, 0.15) is 0 Å². The summed E-state index contributed by atoms with van der Waals surface area (Å²) in [7, 11) is 1.48. The summed E-state index contributed by atoms with van der Waals surface area (Å²) in [5.74, 6) is 0. The fourth-order valence-electron chi connectivity index (χ4n) is 1.76. The lowest BCUT2D eigenvalue weighted by Crippen LogP contribution is -2.29. The molecule has 0 saturated heterocycles. The van der Waals surface area contributed by atoms with Gasteiger partial charge >= 0.3 is 0 Å². The lowest BCUT2D eigenvalue weighted by atomic mass is 10.3. The van der Waals surface area contributed by atoms with E-state index in [1.54, 1.807) is 19.2 Å². The van der Waals surface area contributed by atoms with Crippen molar-refractivity contribution in [2.45, 2.75) is 4.90 Å². The van der Waals surface area contributed by atoms with Crippen LogP contribution in [0.4, 0.5) is 11.4 Å². The summed E-state index contributed by atoms with van der Waals surface area (Å²) in [4.78, 5) is 2.25. The zero-order valence-electron chi connectivity index (χ0n) is 12.7. The first-order valence-electron chi connectivity index (χ1n) is 6.65. The molecule has 0 atom stereocenters. The highest BCUT2D eigenvalue weighted by atomic mass is 32.2. The molecule has 0 aliphatic heterocycles. The first-order valence-corrected chi connectivity index (χ1v) is 8.13. The van der Waals surface area contributed by atoms with Crippen LogP contribution in [0.2, 0.25) is 0 Å². The number of rotatable bonds is 9. The third kappa shape index (κ3) is 5.50. The van der Waals surface area contributed by atoms with Crippen molar-refractivity contribution in [1.29, 1.82) is 0 Å². The van der Waals surface area contributed by atoms with E-state index in [2.05, 4.69) is 14.9 Å². The molecule has 0 bridgehead atoms. The van der Waals surface area contributed by atoms with Gasteiger partial charge in [-0.15, -0.1) is 0 Å². The number of ether oxygens (including phenoxy) is 1. The van der Waals surface area contributed by atoms with Crippen molar-refractivity contribution >= 4 is 21.4 Å². The Kier molecular flexibility index (Phi) is 6.90. The average molecular weight is 316 g/mol. The maximum Gasteiger partial charge on any atom is 0.242 e. The Morgan fingerprint density at radius 3 is 2.67 bits per heavy atom. The summed E-state index contributed by atoms with van der Waals surface area (Å²) in [5.41, 5.74) is 6.62. The Morgan fingerprint density at radius 2 is 2.05 bits per heavy atom. The van der Waals surface area contributed by atoms with Gasteiger partial charge in [0.05, 0.1) is 12.3 Å². The van der Waals surface area contributed by atoms with Crippen LogP contribution in [0.15, 0.2) is 23.1 Å². The van der Waals surface area contributed by atoms with Gasteiger partial charge in [-0.1, -0.05) is 0 Å². The van der Waals surface area contributed by atoms with Gasteiger partial charge in [-0.3, -0.25) is 0 Å². The molecule has 1 aromatic carbocycles. The van der Waals surface area contributed by atoms with Crippen molar-refractivity contribution < 1.29 is 13.2 Å². The Hall–Kier alpha value is -1.35. The lowest BCUT2D eigenvalue weighted by molar-refractivity contribution is 0.163. The van der Waals surface area contributed by atoms with Gasteiger partial charge in [0.25, 0.3) is 0 Å². The zero-order valence-corrected chi connectivity index (χ0v) is 13.5. The van der Waals surface area contributed by atoms with E-state index in [-0.39, 0.29) is 4.90 Å². The molecule has 0 fully saturated rings. The standard InChI is InChI=1S/C13H24N4O3S/c1-15-21(18,19)13-10-11(14)4-5-12(13)16-6-7-17(2)8-9-20-3/h4-5,10,15-16H,6-9,14H2,1-3H3. The summed E-state index contributed by atoms with van der Waals surface area (Å²) in [6.07, 6.45) is 0. The molecule has 8 heteroatoms. The molecular weight excluding hydrogens is 292 g/mol.